The quantitative estimate of drug-likeness (QED) is 0.862. The molecule has 0 atom stereocenters. The summed E-state index contributed by atoms with van der Waals surface area (Å²) in [6.45, 7) is 6.24. The zero-order valence-electron chi connectivity index (χ0n) is 13.3. The third kappa shape index (κ3) is 3.63. The van der Waals surface area contributed by atoms with Crippen LogP contribution in [-0.4, -0.2) is 35.7 Å². The maximum absolute atomic E-state index is 5.88. The van der Waals surface area contributed by atoms with Crippen LogP contribution in [0.2, 0.25) is 0 Å². The van der Waals surface area contributed by atoms with Crippen molar-refractivity contribution in [3.05, 3.63) is 42.2 Å². The molecule has 2 aromatic rings. The number of nitrogen functional groups attached to an aromatic ring is 1. The van der Waals surface area contributed by atoms with Crippen LogP contribution in [0.4, 0.5) is 5.69 Å². The van der Waals surface area contributed by atoms with Crippen molar-refractivity contribution in [3.63, 3.8) is 0 Å². The zero-order valence-corrected chi connectivity index (χ0v) is 13.3. The standard InChI is InChI=1S/C18H25N3O/c1-15-13-16(5-6-18(15)19)21-10-7-17(14-21)22-12-11-20-8-3-2-4-9-20/h5-7,10,13-14H,2-4,8-9,11-12,19H2,1H3. The normalized spacial score (nSPS) is 15.9. The lowest BCUT2D eigenvalue weighted by Crippen LogP contribution is -2.33. The van der Waals surface area contributed by atoms with Gasteiger partial charge in [0.25, 0.3) is 0 Å². The molecule has 4 heteroatoms. The van der Waals surface area contributed by atoms with Crippen molar-refractivity contribution in [2.45, 2.75) is 26.2 Å². The molecule has 0 saturated carbocycles. The van der Waals surface area contributed by atoms with Crippen LogP contribution in [0, 0.1) is 6.92 Å². The molecule has 1 aliphatic heterocycles. The molecular formula is C18H25N3O. The monoisotopic (exact) mass is 299 g/mol. The summed E-state index contributed by atoms with van der Waals surface area (Å²) in [6.07, 6.45) is 8.09. The van der Waals surface area contributed by atoms with E-state index in [-0.39, 0.29) is 0 Å². The van der Waals surface area contributed by atoms with Gasteiger partial charge in [0.1, 0.15) is 12.4 Å². The molecule has 1 saturated heterocycles. The largest absolute Gasteiger partial charge is 0.491 e. The molecule has 0 aliphatic carbocycles. The number of anilines is 1. The van der Waals surface area contributed by atoms with E-state index in [2.05, 4.69) is 15.5 Å². The number of piperidine rings is 1. The topological polar surface area (TPSA) is 43.4 Å². The number of aryl methyl sites for hydroxylation is 1. The van der Waals surface area contributed by atoms with Crippen LogP contribution in [0.1, 0.15) is 24.8 Å². The van der Waals surface area contributed by atoms with Crippen molar-refractivity contribution in [3.8, 4) is 11.4 Å². The van der Waals surface area contributed by atoms with Gasteiger partial charge in [-0.3, -0.25) is 4.90 Å². The van der Waals surface area contributed by atoms with E-state index in [4.69, 9.17) is 10.5 Å². The predicted octanol–water partition coefficient (Wildman–Crippen LogP) is 3.23. The van der Waals surface area contributed by atoms with Gasteiger partial charge < -0.3 is 15.0 Å². The van der Waals surface area contributed by atoms with E-state index in [1.165, 1.54) is 32.4 Å². The van der Waals surface area contributed by atoms with Crippen molar-refractivity contribution >= 4 is 5.69 Å². The number of aromatic nitrogens is 1. The average molecular weight is 299 g/mol. The maximum atomic E-state index is 5.88. The van der Waals surface area contributed by atoms with Crippen LogP contribution < -0.4 is 10.5 Å². The summed E-state index contributed by atoms with van der Waals surface area (Å²) in [6, 6.07) is 8.08. The summed E-state index contributed by atoms with van der Waals surface area (Å²) in [7, 11) is 0. The van der Waals surface area contributed by atoms with Gasteiger partial charge in [-0.2, -0.15) is 0 Å². The Labute approximate surface area is 132 Å². The van der Waals surface area contributed by atoms with Gasteiger partial charge >= 0.3 is 0 Å². The third-order valence-corrected chi connectivity index (χ3v) is 4.34. The number of nitrogens with two attached hydrogens (primary N) is 1. The first kappa shape index (κ1) is 15.0. The number of nitrogens with zero attached hydrogens (tertiary/aromatic N) is 2. The second-order valence-corrected chi connectivity index (χ2v) is 6.05. The van der Waals surface area contributed by atoms with Gasteiger partial charge in [0.05, 0.1) is 6.20 Å². The number of likely N-dealkylation sites (tertiary alicyclic amines) is 1. The molecule has 118 valence electrons. The first-order valence-electron chi connectivity index (χ1n) is 8.12. The Hall–Kier alpha value is -1.94. The van der Waals surface area contributed by atoms with Crippen LogP contribution in [0.3, 0.4) is 0 Å². The van der Waals surface area contributed by atoms with Crippen LogP contribution in [0.5, 0.6) is 5.75 Å². The Morgan fingerprint density at radius 3 is 2.73 bits per heavy atom. The maximum Gasteiger partial charge on any atom is 0.137 e. The molecule has 4 nitrogen and oxygen atoms in total. The number of ether oxygens (including phenoxy) is 1. The molecule has 1 aromatic carbocycles. The Morgan fingerprint density at radius 1 is 1.14 bits per heavy atom. The molecule has 0 amide bonds. The lowest BCUT2D eigenvalue weighted by atomic mass is 10.1. The van der Waals surface area contributed by atoms with Crippen molar-refractivity contribution in [2.24, 2.45) is 0 Å². The smallest absolute Gasteiger partial charge is 0.137 e. The SMILES string of the molecule is Cc1cc(-n2ccc(OCCN3CCCCC3)c2)ccc1N. The summed E-state index contributed by atoms with van der Waals surface area (Å²) in [5.41, 5.74) is 8.90. The molecule has 0 unspecified atom stereocenters. The molecule has 2 N–H and O–H groups in total. The van der Waals surface area contributed by atoms with Crippen LogP contribution in [-0.2, 0) is 0 Å². The average Bonchev–Trinajstić information content (AvgIpc) is 3.00. The molecule has 1 aromatic heterocycles. The van der Waals surface area contributed by atoms with E-state index in [0.29, 0.717) is 0 Å². The van der Waals surface area contributed by atoms with Gasteiger partial charge in [-0.1, -0.05) is 6.42 Å². The molecule has 1 aliphatic rings. The number of hydrogen-bond donors (Lipinski definition) is 1. The summed E-state index contributed by atoms with van der Waals surface area (Å²) >= 11 is 0. The van der Waals surface area contributed by atoms with Gasteiger partial charge in [-0.25, -0.2) is 0 Å². The second kappa shape index (κ2) is 6.88. The summed E-state index contributed by atoms with van der Waals surface area (Å²) in [5, 5.41) is 0. The summed E-state index contributed by atoms with van der Waals surface area (Å²) in [5.74, 6) is 0.923. The van der Waals surface area contributed by atoms with Gasteiger partial charge in [0.15, 0.2) is 0 Å². The van der Waals surface area contributed by atoms with Crippen LogP contribution in [0.25, 0.3) is 5.69 Å². The minimum atomic E-state index is 0.755. The highest BCUT2D eigenvalue weighted by Gasteiger charge is 2.09. The van der Waals surface area contributed by atoms with Crippen molar-refractivity contribution < 1.29 is 4.74 Å². The van der Waals surface area contributed by atoms with Crippen molar-refractivity contribution in [1.82, 2.24) is 9.47 Å². The second-order valence-electron chi connectivity index (χ2n) is 6.05. The van der Waals surface area contributed by atoms with Crippen LogP contribution in [0.15, 0.2) is 36.7 Å². The fraction of sp³-hybridized carbons (Fsp3) is 0.444. The Bertz CT molecular complexity index is 615. The van der Waals surface area contributed by atoms with Crippen molar-refractivity contribution in [1.29, 1.82) is 0 Å². The van der Waals surface area contributed by atoms with Crippen LogP contribution >= 0.6 is 0 Å². The van der Waals surface area contributed by atoms with Crippen molar-refractivity contribution in [2.75, 3.05) is 32.0 Å². The molecule has 1 fully saturated rings. The van der Waals surface area contributed by atoms with E-state index in [1.54, 1.807) is 0 Å². The molecule has 0 spiro atoms. The van der Waals surface area contributed by atoms with E-state index in [9.17, 15) is 0 Å². The fourth-order valence-corrected chi connectivity index (χ4v) is 2.92. The van der Waals surface area contributed by atoms with E-state index >= 15 is 0 Å². The molecule has 0 radical (unpaired) electrons. The Morgan fingerprint density at radius 2 is 1.95 bits per heavy atom. The molecule has 22 heavy (non-hydrogen) atoms. The zero-order chi connectivity index (χ0) is 15.4. The molecule has 3 rings (SSSR count). The molecular weight excluding hydrogens is 274 g/mol. The first-order valence-corrected chi connectivity index (χ1v) is 8.12. The van der Waals surface area contributed by atoms with E-state index < -0.39 is 0 Å². The van der Waals surface area contributed by atoms with Gasteiger partial charge in [-0.15, -0.1) is 0 Å². The minimum absolute atomic E-state index is 0.755. The first-order chi connectivity index (χ1) is 10.7. The Balaban J connectivity index is 1.55. The van der Waals surface area contributed by atoms with Gasteiger partial charge in [-0.05, 0) is 62.7 Å². The number of rotatable bonds is 5. The fourth-order valence-electron chi connectivity index (χ4n) is 2.92. The highest BCUT2D eigenvalue weighted by Crippen LogP contribution is 2.20. The predicted molar refractivity (Wildman–Crippen MR) is 90.7 cm³/mol. The molecule has 0 bridgehead atoms. The minimum Gasteiger partial charge on any atom is -0.491 e. The summed E-state index contributed by atoms with van der Waals surface area (Å²) in [4.78, 5) is 2.49. The number of hydrogen-bond acceptors (Lipinski definition) is 3. The number of benzene rings is 1. The molecule has 2 heterocycles. The lowest BCUT2D eigenvalue weighted by Gasteiger charge is -2.26. The lowest BCUT2D eigenvalue weighted by molar-refractivity contribution is 0.183. The van der Waals surface area contributed by atoms with E-state index in [0.717, 1.165) is 35.8 Å². The third-order valence-electron chi connectivity index (χ3n) is 4.34. The van der Waals surface area contributed by atoms with E-state index in [1.807, 2.05) is 37.5 Å². The van der Waals surface area contributed by atoms with Gasteiger partial charge in [0.2, 0.25) is 0 Å². The highest BCUT2D eigenvalue weighted by molar-refractivity contribution is 5.52. The highest BCUT2D eigenvalue weighted by atomic mass is 16.5. The van der Waals surface area contributed by atoms with Gasteiger partial charge in [0, 0.05) is 24.1 Å². The summed E-state index contributed by atoms with van der Waals surface area (Å²) < 4.78 is 7.95. The Kier molecular flexibility index (Phi) is 4.68.